The molecule has 0 bridgehead atoms. The average molecular weight is 277 g/mol. The van der Waals surface area contributed by atoms with Gasteiger partial charge < -0.3 is 15.5 Å². The van der Waals surface area contributed by atoms with E-state index in [0.29, 0.717) is 13.1 Å². The van der Waals surface area contributed by atoms with E-state index >= 15 is 0 Å². The fraction of sp³-hybridized carbons (Fsp3) is 0.467. The van der Waals surface area contributed by atoms with Crippen molar-refractivity contribution >= 4 is 11.8 Å². The van der Waals surface area contributed by atoms with Crippen LogP contribution in [-0.4, -0.2) is 43.9 Å². The Balaban J connectivity index is 2.22. The Morgan fingerprint density at radius 3 is 2.25 bits per heavy atom. The van der Waals surface area contributed by atoms with Gasteiger partial charge in [-0.2, -0.15) is 0 Å². The van der Waals surface area contributed by atoms with Crippen LogP contribution in [0.15, 0.2) is 24.3 Å². The normalized spacial score (nSPS) is 10.4. The van der Waals surface area contributed by atoms with Crippen LogP contribution in [0.1, 0.15) is 17.5 Å². The van der Waals surface area contributed by atoms with E-state index in [0.717, 1.165) is 12.1 Å². The van der Waals surface area contributed by atoms with Crippen LogP contribution in [0.2, 0.25) is 0 Å². The summed E-state index contributed by atoms with van der Waals surface area (Å²) in [6, 6.07) is 7.92. The minimum atomic E-state index is -0.257. The summed E-state index contributed by atoms with van der Waals surface area (Å²) in [5, 5.41) is 5.45. The van der Waals surface area contributed by atoms with Crippen molar-refractivity contribution in [2.75, 3.05) is 27.2 Å². The predicted octanol–water partition coefficient (Wildman–Crippen LogP) is 0.679. The van der Waals surface area contributed by atoms with Gasteiger partial charge in [-0.1, -0.05) is 29.8 Å². The second-order valence-corrected chi connectivity index (χ2v) is 5.09. The zero-order chi connectivity index (χ0) is 15.0. The fourth-order valence-corrected chi connectivity index (χ4v) is 1.60. The smallest absolute Gasteiger partial charge is 0.229 e. The molecule has 0 radical (unpaired) electrons. The third-order valence-electron chi connectivity index (χ3n) is 2.81. The Morgan fingerprint density at radius 1 is 1.05 bits per heavy atom. The highest BCUT2D eigenvalue weighted by atomic mass is 16.2. The SMILES string of the molecule is Cc1ccc(CNC(=O)CC(=O)NCCN(C)C)cc1. The van der Waals surface area contributed by atoms with Gasteiger partial charge in [-0.05, 0) is 26.6 Å². The summed E-state index contributed by atoms with van der Waals surface area (Å²) >= 11 is 0. The fourth-order valence-electron chi connectivity index (χ4n) is 1.60. The van der Waals surface area contributed by atoms with Gasteiger partial charge in [-0.3, -0.25) is 9.59 Å². The first-order chi connectivity index (χ1) is 9.47. The highest BCUT2D eigenvalue weighted by Crippen LogP contribution is 2.02. The number of amides is 2. The van der Waals surface area contributed by atoms with Crippen molar-refractivity contribution in [3.05, 3.63) is 35.4 Å². The van der Waals surface area contributed by atoms with E-state index in [1.54, 1.807) is 0 Å². The number of rotatable bonds is 7. The molecule has 0 fully saturated rings. The topological polar surface area (TPSA) is 61.4 Å². The highest BCUT2D eigenvalue weighted by Gasteiger charge is 2.08. The summed E-state index contributed by atoms with van der Waals surface area (Å²) in [6.07, 6.45) is -0.126. The van der Waals surface area contributed by atoms with Crippen LogP contribution in [0.3, 0.4) is 0 Å². The summed E-state index contributed by atoms with van der Waals surface area (Å²) in [6.45, 7) is 3.78. The van der Waals surface area contributed by atoms with E-state index < -0.39 is 0 Å². The number of aryl methyl sites for hydroxylation is 1. The van der Waals surface area contributed by atoms with Crippen molar-refractivity contribution < 1.29 is 9.59 Å². The Morgan fingerprint density at radius 2 is 1.65 bits per heavy atom. The summed E-state index contributed by atoms with van der Waals surface area (Å²) in [5.74, 6) is -0.499. The second kappa shape index (κ2) is 8.32. The lowest BCUT2D eigenvalue weighted by atomic mass is 10.1. The summed E-state index contributed by atoms with van der Waals surface area (Å²) in [5.41, 5.74) is 2.21. The molecule has 2 N–H and O–H groups in total. The molecule has 0 aliphatic carbocycles. The third kappa shape index (κ3) is 6.89. The second-order valence-electron chi connectivity index (χ2n) is 5.09. The number of carbonyl (C=O) groups excluding carboxylic acids is 2. The summed E-state index contributed by atoms with van der Waals surface area (Å²) in [7, 11) is 3.86. The van der Waals surface area contributed by atoms with Gasteiger partial charge in [0.15, 0.2) is 0 Å². The molecule has 1 aromatic carbocycles. The maximum Gasteiger partial charge on any atom is 0.229 e. The number of nitrogens with zero attached hydrogens (tertiary/aromatic N) is 1. The number of hydrogen-bond donors (Lipinski definition) is 2. The number of carbonyl (C=O) groups is 2. The molecule has 0 heterocycles. The monoisotopic (exact) mass is 277 g/mol. The van der Waals surface area contributed by atoms with Crippen LogP contribution >= 0.6 is 0 Å². The number of benzene rings is 1. The summed E-state index contributed by atoms with van der Waals surface area (Å²) in [4.78, 5) is 25.1. The highest BCUT2D eigenvalue weighted by molar-refractivity contribution is 5.96. The van der Waals surface area contributed by atoms with Gasteiger partial charge in [0.1, 0.15) is 6.42 Å². The molecule has 0 aliphatic rings. The largest absolute Gasteiger partial charge is 0.354 e. The molecule has 0 unspecified atom stereocenters. The number of hydrogen-bond acceptors (Lipinski definition) is 3. The summed E-state index contributed by atoms with van der Waals surface area (Å²) < 4.78 is 0. The maximum absolute atomic E-state index is 11.6. The van der Waals surface area contributed by atoms with Crippen molar-refractivity contribution in [2.24, 2.45) is 0 Å². The Hall–Kier alpha value is -1.88. The van der Waals surface area contributed by atoms with E-state index in [1.807, 2.05) is 50.2 Å². The van der Waals surface area contributed by atoms with E-state index in [4.69, 9.17) is 0 Å². The quantitative estimate of drug-likeness (QED) is 0.721. The minimum Gasteiger partial charge on any atom is -0.354 e. The lowest BCUT2D eigenvalue weighted by Gasteiger charge is -2.10. The van der Waals surface area contributed by atoms with E-state index in [-0.39, 0.29) is 18.2 Å². The first-order valence-electron chi connectivity index (χ1n) is 6.71. The Bertz CT molecular complexity index is 441. The van der Waals surface area contributed by atoms with Gasteiger partial charge in [0.2, 0.25) is 11.8 Å². The molecule has 5 nitrogen and oxygen atoms in total. The van der Waals surface area contributed by atoms with Gasteiger partial charge in [-0.25, -0.2) is 0 Å². The lowest BCUT2D eigenvalue weighted by molar-refractivity contribution is -0.129. The number of likely N-dealkylation sites (N-methyl/N-ethyl adjacent to an activating group) is 1. The average Bonchev–Trinajstić information content (AvgIpc) is 2.37. The van der Waals surface area contributed by atoms with Crippen LogP contribution in [0.25, 0.3) is 0 Å². The molecule has 0 spiro atoms. The third-order valence-corrected chi connectivity index (χ3v) is 2.81. The zero-order valence-electron chi connectivity index (χ0n) is 12.4. The number of nitrogens with one attached hydrogen (secondary N) is 2. The lowest BCUT2D eigenvalue weighted by Crippen LogP contribution is -2.35. The van der Waals surface area contributed by atoms with Crippen molar-refractivity contribution in [2.45, 2.75) is 19.9 Å². The molecule has 2 amide bonds. The van der Waals surface area contributed by atoms with Gasteiger partial charge in [0.25, 0.3) is 0 Å². The molecule has 20 heavy (non-hydrogen) atoms. The molecular formula is C15H23N3O2. The Kier molecular flexibility index (Phi) is 6.73. The molecular weight excluding hydrogens is 254 g/mol. The van der Waals surface area contributed by atoms with Crippen LogP contribution in [-0.2, 0) is 16.1 Å². The van der Waals surface area contributed by atoms with Gasteiger partial charge in [-0.15, -0.1) is 0 Å². The molecule has 0 atom stereocenters. The van der Waals surface area contributed by atoms with E-state index in [9.17, 15) is 9.59 Å². The Labute approximate surface area is 120 Å². The minimum absolute atomic E-state index is 0.126. The molecule has 0 aromatic heterocycles. The van der Waals surface area contributed by atoms with Crippen molar-refractivity contribution in [1.82, 2.24) is 15.5 Å². The van der Waals surface area contributed by atoms with Crippen molar-refractivity contribution in [3.8, 4) is 0 Å². The maximum atomic E-state index is 11.6. The van der Waals surface area contributed by atoms with Crippen molar-refractivity contribution in [3.63, 3.8) is 0 Å². The first-order valence-corrected chi connectivity index (χ1v) is 6.71. The predicted molar refractivity (Wildman–Crippen MR) is 79.2 cm³/mol. The van der Waals surface area contributed by atoms with Crippen LogP contribution < -0.4 is 10.6 Å². The molecule has 0 saturated carbocycles. The van der Waals surface area contributed by atoms with Gasteiger partial charge in [0.05, 0.1) is 0 Å². The molecule has 0 aliphatic heterocycles. The molecule has 110 valence electrons. The first kappa shape index (κ1) is 16.2. The molecule has 5 heteroatoms. The molecule has 0 saturated heterocycles. The zero-order valence-corrected chi connectivity index (χ0v) is 12.4. The van der Waals surface area contributed by atoms with Gasteiger partial charge in [0, 0.05) is 19.6 Å². The molecule has 1 aromatic rings. The van der Waals surface area contributed by atoms with Crippen LogP contribution in [0.4, 0.5) is 0 Å². The van der Waals surface area contributed by atoms with Crippen molar-refractivity contribution in [1.29, 1.82) is 0 Å². The standard InChI is InChI=1S/C15H23N3O2/c1-12-4-6-13(7-5-12)11-17-15(20)10-14(19)16-8-9-18(2)3/h4-7H,8-11H2,1-3H3,(H,16,19)(H,17,20). The van der Waals surface area contributed by atoms with Gasteiger partial charge >= 0.3 is 0 Å². The van der Waals surface area contributed by atoms with Crippen LogP contribution in [0.5, 0.6) is 0 Å². The van der Waals surface area contributed by atoms with Crippen LogP contribution in [0, 0.1) is 6.92 Å². The van der Waals surface area contributed by atoms with E-state index in [1.165, 1.54) is 5.56 Å². The molecule has 1 rings (SSSR count). The van der Waals surface area contributed by atoms with E-state index in [2.05, 4.69) is 10.6 Å².